The van der Waals surface area contributed by atoms with Crippen LogP contribution in [0.25, 0.3) is 0 Å². The summed E-state index contributed by atoms with van der Waals surface area (Å²) in [4.78, 5) is 22.0. The molecule has 1 amide bonds. The first-order valence-electron chi connectivity index (χ1n) is 5.25. The lowest BCUT2D eigenvalue weighted by Crippen LogP contribution is -2.29. The summed E-state index contributed by atoms with van der Waals surface area (Å²) in [5.74, 6) is -2.22. The maximum absolute atomic E-state index is 13.2. The summed E-state index contributed by atoms with van der Waals surface area (Å²) in [5.41, 5.74) is -0.0324. The molecule has 17 heavy (non-hydrogen) atoms. The van der Waals surface area contributed by atoms with Gasteiger partial charge >= 0.3 is 5.97 Å². The van der Waals surface area contributed by atoms with Crippen molar-refractivity contribution in [1.82, 2.24) is 5.32 Å². The minimum atomic E-state index is -0.919. The Hall–Kier alpha value is -1.91. The Morgan fingerprint density at radius 3 is 2.65 bits per heavy atom. The first kappa shape index (κ1) is 13.2. The van der Waals surface area contributed by atoms with Gasteiger partial charge in [0.25, 0.3) is 5.91 Å². The van der Waals surface area contributed by atoms with Crippen molar-refractivity contribution in [3.63, 3.8) is 0 Å². The van der Waals surface area contributed by atoms with Crippen molar-refractivity contribution in [3.8, 4) is 0 Å². The Morgan fingerprint density at radius 1 is 1.41 bits per heavy atom. The van der Waals surface area contributed by atoms with E-state index in [4.69, 9.17) is 5.11 Å². The van der Waals surface area contributed by atoms with Crippen LogP contribution in [0.5, 0.6) is 0 Å². The SMILES string of the molecule is CC(CNC(=O)c1ccccc1F)CC(=O)O. The van der Waals surface area contributed by atoms with Gasteiger partial charge in [0.1, 0.15) is 5.82 Å². The Bertz CT molecular complexity index is 420. The smallest absolute Gasteiger partial charge is 0.303 e. The summed E-state index contributed by atoms with van der Waals surface area (Å²) in [5, 5.41) is 11.0. The maximum atomic E-state index is 13.2. The summed E-state index contributed by atoms with van der Waals surface area (Å²) in [7, 11) is 0. The van der Waals surface area contributed by atoms with Crippen LogP contribution in [0.4, 0.5) is 4.39 Å². The zero-order valence-corrected chi connectivity index (χ0v) is 9.44. The van der Waals surface area contributed by atoms with Crippen LogP contribution in [0.15, 0.2) is 24.3 Å². The van der Waals surface area contributed by atoms with Crippen LogP contribution in [-0.4, -0.2) is 23.5 Å². The highest BCUT2D eigenvalue weighted by Gasteiger charge is 2.13. The summed E-state index contributed by atoms with van der Waals surface area (Å²) in [6.45, 7) is 1.91. The zero-order chi connectivity index (χ0) is 12.8. The van der Waals surface area contributed by atoms with E-state index in [1.54, 1.807) is 13.0 Å². The lowest BCUT2D eigenvalue weighted by atomic mass is 10.1. The fraction of sp³-hybridized carbons (Fsp3) is 0.333. The average molecular weight is 239 g/mol. The first-order valence-corrected chi connectivity index (χ1v) is 5.25. The monoisotopic (exact) mass is 239 g/mol. The van der Waals surface area contributed by atoms with Crippen LogP contribution >= 0.6 is 0 Å². The summed E-state index contributed by atoms with van der Waals surface area (Å²) < 4.78 is 13.2. The van der Waals surface area contributed by atoms with E-state index in [2.05, 4.69) is 5.32 Å². The summed E-state index contributed by atoms with van der Waals surface area (Å²) in [6.07, 6.45) is -0.0302. The molecule has 4 nitrogen and oxygen atoms in total. The quantitative estimate of drug-likeness (QED) is 0.821. The molecule has 0 aliphatic carbocycles. The Balaban J connectivity index is 2.51. The van der Waals surface area contributed by atoms with Crippen molar-refractivity contribution in [1.29, 1.82) is 0 Å². The summed E-state index contributed by atoms with van der Waals surface area (Å²) >= 11 is 0. The van der Waals surface area contributed by atoms with Gasteiger partial charge in [0, 0.05) is 13.0 Å². The van der Waals surface area contributed by atoms with Gasteiger partial charge in [0.2, 0.25) is 0 Å². The van der Waals surface area contributed by atoms with Gasteiger partial charge < -0.3 is 10.4 Å². The number of aliphatic carboxylic acids is 1. The van der Waals surface area contributed by atoms with Gasteiger partial charge in [-0.3, -0.25) is 9.59 Å². The molecule has 2 N–H and O–H groups in total. The highest BCUT2D eigenvalue weighted by atomic mass is 19.1. The van der Waals surface area contributed by atoms with Gasteiger partial charge in [-0.05, 0) is 18.1 Å². The minimum absolute atomic E-state index is 0.0302. The Morgan fingerprint density at radius 2 is 2.06 bits per heavy atom. The minimum Gasteiger partial charge on any atom is -0.481 e. The van der Waals surface area contributed by atoms with Gasteiger partial charge in [0.05, 0.1) is 5.56 Å². The van der Waals surface area contributed by atoms with Crippen LogP contribution in [-0.2, 0) is 4.79 Å². The first-order chi connectivity index (χ1) is 8.00. The standard InChI is InChI=1S/C12H14FNO3/c1-8(6-11(15)16)7-14-12(17)9-4-2-3-5-10(9)13/h2-5,8H,6-7H2,1H3,(H,14,17)(H,15,16). The van der Waals surface area contributed by atoms with Crippen molar-refractivity contribution in [2.24, 2.45) is 5.92 Å². The normalized spacial score (nSPS) is 11.9. The van der Waals surface area contributed by atoms with Gasteiger partial charge in [-0.1, -0.05) is 19.1 Å². The second-order valence-corrected chi connectivity index (χ2v) is 3.89. The van der Waals surface area contributed by atoms with Gasteiger partial charge in [0.15, 0.2) is 0 Å². The molecule has 1 atom stereocenters. The van der Waals surface area contributed by atoms with Crippen LogP contribution in [0.1, 0.15) is 23.7 Å². The molecule has 0 aliphatic heterocycles. The molecule has 1 rings (SSSR count). The lowest BCUT2D eigenvalue weighted by Gasteiger charge is -2.10. The Labute approximate surface area is 98.5 Å². The molecular weight excluding hydrogens is 225 g/mol. The molecule has 92 valence electrons. The molecule has 5 heteroatoms. The fourth-order valence-corrected chi connectivity index (χ4v) is 1.38. The molecule has 0 saturated heterocycles. The van der Waals surface area contributed by atoms with Crippen molar-refractivity contribution >= 4 is 11.9 Å². The molecule has 1 aromatic carbocycles. The number of carbonyl (C=O) groups excluding carboxylic acids is 1. The van der Waals surface area contributed by atoms with E-state index >= 15 is 0 Å². The molecule has 0 radical (unpaired) electrons. The van der Waals surface area contributed by atoms with E-state index < -0.39 is 17.7 Å². The van der Waals surface area contributed by atoms with Crippen LogP contribution in [0.2, 0.25) is 0 Å². The van der Waals surface area contributed by atoms with Crippen molar-refractivity contribution in [2.45, 2.75) is 13.3 Å². The molecule has 0 saturated carbocycles. The van der Waals surface area contributed by atoms with Crippen molar-refractivity contribution < 1.29 is 19.1 Å². The topological polar surface area (TPSA) is 66.4 Å². The number of halogens is 1. The fourth-order valence-electron chi connectivity index (χ4n) is 1.38. The third-order valence-electron chi connectivity index (χ3n) is 2.25. The highest BCUT2D eigenvalue weighted by Crippen LogP contribution is 2.06. The number of carboxylic acids is 1. The number of hydrogen-bond acceptors (Lipinski definition) is 2. The van der Waals surface area contributed by atoms with Gasteiger partial charge in [-0.15, -0.1) is 0 Å². The second-order valence-electron chi connectivity index (χ2n) is 3.89. The third-order valence-corrected chi connectivity index (χ3v) is 2.25. The highest BCUT2D eigenvalue weighted by molar-refractivity contribution is 5.94. The zero-order valence-electron chi connectivity index (χ0n) is 9.44. The van der Waals surface area contributed by atoms with Gasteiger partial charge in [-0.2, -0.15) is 0 Å². The number of benzene rings is 1. The van der Waals surface area contributed by atoms with E-state index in [0.717, 1.165) is 0 Å². The number of carbonyl (C=O) groups is 2. The predicted octanol–water partition coefficient (Wildman–Crippen LogP) is 1.67. The number of nitrogens with one attached hydrogen (secondary N) is 1. The molecule has 0 aliphatic rings. The lowest BCUT2D eigenvalue weighted by molar-refractivity contribution is -0.137. The van der Waals surface area contributed by atoms with Crippen LogP contribution < -0.4 is 5.32 Å². The maximum Gasteiger partial charge on any atom is 0.303 e. The molecule has 0 spiro atoms. The number of amides is 1. The van der Waals surface area contributed by atoms with Crippen molar-refractivity contribution in [2.75, 3.05) is 6.54 Å². The van der Waals surface area contributed by atoms with E-state index in [1.165, 1.54) is 18.2 Å². The molecule has 0 aromatic heterocycles. The number of rotatable bonds is 5. The van der Waals surface area contributed by atoms with E-state index in [9.17, 15) is 14.0 Å². The van der Waals surface area contributed by atoms with Gasteiger partial charge in [-0.25, -0.2) is 4.39 Å². The van der Waals surface area contributed by atoms with Crippen LogP contribution in [0, 0.1) is 11.7 Å². The second kappa shape index (κ2) is 5.98. The largest absolute Gasteiger partial charge is 0.481 e. The molecule has 0 bridgehead atoms. The molecule has 1 aromatic rings. The molecule has 1 unspecified atom stereocenters. The van der Waals surface area contributed by atoms with E-state index in [0.29, 0.717) is 0 Å². The molecule has 0 fully saturated rings. The van der Waals surface area contributed by atoms with Crippen molar-refractivity contribution in [3.05, 3.63) is 35.6 Å². The Kier molecular flexibility index (Phi) is 4.63. The number of carboxylic acid groups (broad SMARTS) is 1. The predicted molar refractivity (Wildman–Crippen MR) is 60.2 cm³/mol. The van der Waals surface area contributed by atoms with E-state index in [-0.39, 0.29) is 24.4 Å². The molecular formula is C12H14FNO3. The average Bonchev–Trinajstić information content (AvgIpc) is 2.25. The molecule has 0 heterocycles. The summed E-state index contributed by atoms with van der Waals surface area (Å²) in [6, 6.07) is 5.65. The third kappa shape index (κ3) is 4.22. The van der Waals surface area contributed by atoms with Crippen LogP contribution in [0.3, 0.4) is 0 Å². The number of hydrogen-bond donors (Lipinski definition) is 2. The van der Waals surface area contributed by atoms with E-state index in [1.807, 2.05) is 0 Å².